The highest BCUT2D eigenvalue weighted by atomic mass is 31.3. The van der Waals surface area contributed by atoms with Gasteiger partial charge in [-0.15, -0.1) is 0 Å². The van der Waals surface area contributed by atoms with E-state index in [1.54, 1.807) is 0 Å². The molecule has 1 aliphatic heterocycles. The van der Waals surface area contributed by atoms with Gasteiger partial charge in [-0.1, -0.05) is 4.98 Å². The number of hydrogen-bond donors (Lipinski definition) is 2. The molecule has 0 aliphatic carbocycles. The first-order valence-electron chi connectivity index (χ1n) is 12.6. The van der Waals surface area contributed by atoms with Crippen LogP contribution in [0.25, 0.3) is 11.2 Å². The predicted octanol–water partition coefficient (Wildman–Crippen LogP) is -0.848. The van der Waals surface area contributed by atoms with Crippen molar-refractivity contribution in [1.82, 2.24) is 14.5 Å². The number of hydrogen-bond acceptors (Lipinski definition) is 17. The van der Waals surface area contributed by atoms with E-state index in [-0.39, 0.29) is 22.8 Å². The maximum Gasteiger partial charge on any atom is 0.509 e. The molecule has 3 aromatic rings. The van der Waals surface area contributed by atoms with Crippen molar-refractivity contribution in [3.63, 3.8) is 0 Å². The summed E-state index contributed by atoms with van der Waals surface area (Å²) in [5.74, 6) is -1.11. The van der Waals surface area contributed by atoms with E-state index >= 15 is 0 Å². The molecule has 1 aromatic carbocycles. The zero-order valence-corrected chi connectivity index (χ0v) is 25.6. The number of phosphoric ester groups is 1. The number of nitrogen functional groups attached to an aromatic ring is 1. The second kappa shape index (κ2) is 12.5. The Balaban J connectivity index is 1.65. The van der Waals surface area contributed by atoms with Gasteiger partial charge in [0, 0.05) is 25.1 Å². The van der Waals surface area contributed by atoms with Gasteiger partial charge in [0.1, 0.15) is 11.7 Å². The SMILES string of the molecule is COC1[C@@H](OC(=O)OC(C)(C)c2ccc([N+](=O)[O-])cc2)[C@@H](COP(=O)([O-])OP(=O)([O-])O)O[C@H]1[n+]1cn(C)c2c([O-])nc(N)nc21. The van der Waals surface area contributed by atoms with Gasteiger partial charge in [-0.2, -0.15) is 0 Å². The molecule has 23 heteroatoms. The number of benzene rings is 1. The maximum atomic E-state index is 13.1. The zero-order valence-electron chi connectivity index (χ0n) is 23.8. The van der Waals surface area contributed by atoms with Gasteiger partial charge in [-0.05, 0) is 31.5 Å². The molecular weight excluding hydrogens is 650 g/mol. The summed E-state index contributed by atoms with van der Waals surface area (Å²) in [6.45, 7) is 1.90. The molecule has 0 amide bonds. The number of anilines is 1. The van der Waals surface area contributed by atoms with Crippen LogP contribution in [-0.2, 0) is 49.6 Å². The number of nitrogens with zero attached hydrogens (tertiary/aromatic N) is 5. The molecular formula is C22H26N6O15P2-2. The van der Waals surface area contributed by atoms with Crippen molar-refractivity contribution in [2.45, 2.75) is 44.0 Å². The van der Waals surface area contributed by atoms with Crippen molar-refractivity contribution in [1.29, 1.82) is 0 Å². The smallest absolute Gasteiger partial charge is 0.509 e. The number of nitro groups is 1. The Bertz CT molecular complexity index is 1690. The number of ether oxygens (including phenoxy) is 4. The van der Waals surface area contributed by atoms with E-state index in [1.165, 1.54) is 67.7 Å². The molecule has 0 saturated carbocycles. The van der Waals surface area contributed by atoms with Gasteiger partial charge >= 0.3 is 11.8 Å². The van der Waals surface area contributed by atoms with Gasteiger partial charge in [0.25, 0.3) is 27.3 Å². The lowest BCUT2D eigenvalue weighted by molar-refractivity contribution is -0.746. The average molecular weight is 676 g/mol. The number of imidazole rings is 1. The summed E-state index contributed by atoms with van der Waals surface area (Å²) in [6, 6.07) is 5.14. The minimum Gasteiger partial charge on any atom is -0.856 e. The van der Waals surface area contributed by atoms with Crippen molar-refractivity contribution in [3.05, 3.63) is 46.3 Å². The molecule has 246 valence electrons. The summed E-state index contributed by atoms with van der Waals surface area (Å²) in [5.41, 5.74) is 4.37. The zero-order chi connectivity index (χ0) is 33.5. The van der Waals surface area contributed by atoms with Crippen LogP contribution in [-0.4, -0.2) is 62.5 Å². The molecule has 0 radical (unpaired) electrons. The number of carbonyl (C=O) groups excluding carboxylic acids is 1. The van der Waals surface area contributed by atoms with E-state index in [2.05, 4.69) is 18.8 Å². The first-order valence-corrected chi connectivity index (χ1v) is 15.5. The van der Waals surface area contributed by atoms with E-state index in [9.17, 15) is 38.9 Å². The molecule has 3 heterocycles. The van der Waals surface area contributed by atoms with E-state index in [0.717, 1.165) is 0 Å². The molecule has 21 nitrogen and oxygen atoms in total. The summed E-state index contributed by atoms with van der Waals surface area (Å²) in [7, 11) is -8.78. The largest absolute Gasteiger partial charge is 0.856 e. The predicted molar refractivity (Wildman–Crippen MR) is 139 cm³/mol. The average Bonchev–Trinajstić information content (AvgIpc) is 3.42. The Morgan fingerprint density at radius 3 is 2.44 bits per heavy atom. The number of fused-ring (bicyclic) bond motifs is 1. The number of aromatic nitrogens is 4. The highest BCUT2D eigenvalue weighted by Crippen LogP contribution is 2.53. The van der Waals surface area contributed by atoms with E-state index in [1.807, 2.05) is 0 Å². The van der Waals surface area contributed by atoms with Gasteiger partial charge in [0.05, 0.1) is 18.6 Å². The van der Waals surface area contributed by atoms with Crippen molar-refractivity contribution in [3.8, 4) is 5.88 Å². The molecule has 1 aliphatic rings. The maximum absolute atomic E-state index is 13.1. The van der Waals surface area contributed by atoms with Gasteiger partial charge in [0.15, 0.2) is 24.1 Å². The Morgan fingerprint density at radius 1 is 1.22 bits per heavy atom. The van der Waals surface area contributed by atoms with Crippen LogP contribution in [0.4, 0.5) is 16.4 Å². The van der Waals surface area contributed by atoms with Crippen LogP contribution in [0, 0.1) is 10.1 Å². The second-order valence-corrected chi connectivity index (χ2v) is 12.7. The number of methoxy groups -OCH3 is 1. The van der Waals surface area contributed by atoms with Crippen molar-refractivity contribution >= 4 is 44.6 Å². The highest BCUT2D eigenvalue weighted by molar-refractivity contribution is 7.59. The standard InChI is InChI=1S/C22H28N6O15P2/c1-22(2,11-5-7-12(8-6-11)28(31)32)42-21(30)41-15-13(9-39-45(36,37)43-44(33,34)35)40-19(16(15)38-4)27-10-26(3)14-17(27)24-20(23)25-18(14)29/h5-8,10,13,15-16,19H,9H2,1-4H3,(H5-,23,24,25,29,33,34,35,36,37)/p-2/t13-,15+,16?,19-/m1/s1. The van der Waals surface area contributed by atoms with Crippen molar-refractivity contribution < 1.29 is 71.0 Å². The van der Waals surface area contributed by atoms with Gasteiger partial charge in [-0.3, -0.25) is 23.8 Å². The normalized spacial score (nSPS) is 22.9. The van der Waals surface area contributed by atoms with Crippen LogP contribution < -0.4 is 25.2 Å². The molecule has 1 fully saturated rings. The fraction of sp³-hybridized carbons (Fsp3) is 0.455. The first kappa shape index (κ1) is 34.1. The fourth-order valence-corrected chi connectivity index (χ4v) is 6.10. The number of nitrogens with two attached hydrogens (primary N) is 1. The Hall–Kier alpha value is -3.78. The van der Waals surface area contributed by atoms with Gasteiger partial charge in [0.2, 0.25) is 6.23 Å². The van der Waals surface area contributed by atoms with E-state index in [0.29, 0.717) is 5.56 Å². The van der Waals surface area contributed by atoms with Crippen LogP contribution in [0.2, 0.25) is 0 Å². The number of phosphoric acid groups is 2. The molecule has 4 rings (SSSR count). The lowest BCUT2D eigenvalue weighted by Crippen LogP contribution is -2.48. The monoisotopic (exact) mass is 676 g/mol. The van der Waals surface area contributed by atoms with Crippen LogP contribution >= 0.6 is 15.6 Å². The lowest BCUT2D eigenvalue weighted by atomic mass is 9.98. The lowest BCUT2D eigenvalue weighted by Gasteiger charge is -2.30. The Morgan fingerprint density at radius 2 is 1.87 bits per heavy atom. The topological polar surface area (TPSA) is 300 Å². The third-order valence-corrected chi connectivity index (χ3v) is 8.61. The van der Waals surface area contributed by atoms with Crippen LogP contribution in [0.1, 0.15) is 25.6 Å². The van der Waals surface area contributed by atoms with Gasteiger partial charge < -0.3 is 49.0 Å². The van der Waals surface area contributed by atoms with Crippen LogP contribution in [0.5, 0.6) is 5.88 Å². The third-order valence-electron chi connectivity index (χ3n) is 6.52. The van der Waals surface area contributed by atoms with E-state index < -0.39 is 69.4 Å². The third kappa shape index (κ3) is 7.72. The summed E-state index contributed by atoms with van der Waals surface area (Å²) < 4.78 is 56.2. The quantitative estimate of drug-likeness (QED) is 0.0821. The van der Waals surface area contributed by atoms with E-state index in [4.69, 9.17) is 29.6 Å². The van der Waals surface area contributed by atoms with Crippen molar-refractivity contribution in [2.24, 2.45) is 7.05 Å². The van der Waals surface area contributed by atoms with Crippen molar-refractivity contribution in [2.75, 3.05) is 19.5 Å². The highest BCUT2D eigenvalue weighted by Gasteiger charge is 2.52. The molecule has 1 saturated heterocycles. The molecule has 3 unspecified atom stereocenters. The van der Waals surface area contributed by atoms with Crippen LogP contribution in [0.15, 0.2) is 30.6 Å². The number of nitro benzene ring substituents is 1. The Labute approximate surface area is 253 Å². The fourth-order valence-electron chi connectivity index (χ4n) is 4.57. The minimum absolute atomic E-state index is 0.00400. The molecule has 0 spiro atoms. The molecule has 45 heavy (non-hydrogen) atoms. The second-order valence-electron chi connectivity index (χ2n) is 10.0. The van der Waals surface area contributed by atoms with Gasteiger partial charge in [-0.25, -0.2) is 18.7 Å². The summed E-state index contributed by atoms with van der Waals surface area (Å²) >= 11 is 0. The number of non-ortho nitro benzene ring substituents is 1. The first-order chi connectivity index (χ1) is 20.8. The summed E-state index contributed by atoms with van der Waals surface area (Å²) in [5, 5.41) is 23.5. The summed E-state index contributed by atoms with van der Waals surface area (Å²) in [4.78, 5) is 62.8. The number of carbonyl (C=O) groups is 1. The Kier molecular flexibility index (Phi) is 9.51. The molecule has 3 N–H and O–H groups in total. The molecule has 0 bridgehead atoms. The number of aryl methyl sites for hydroxylation is 1. The molecule has 2 aromatic heterocycles. The minimum atomic E-state index is -5.78. The summed E-state index contributed by atoms with van der Waals surface area (Å²) in [6.07, 6.45) is -5.64. The number of rotatable bonds is 11. The van der Waals surface area contributed by atoms with Crippen LogP contribution in [0.3, 0.4) is 0 Å². The molecule has 6 atom stereocenters.